The van der Waals surface area contributed by atoms with Gasteiger partial charge in [0.25, 0.3) is 5.91 Å². The van der Waals surface area contributed by atoms with E-state index < -0.39 is 29.1 Å². The van der Waals surface area contributed by atoms with Gasteiger partial charge in [0.1, 0.15) is 0 Å². The van der Waals surface area contributed by atoms with Gasteiger partial charge in [-0.2, -0.15) is 0 Å². The van der Waals surface area contributed by atoms with Crippen LogP contribution < -0.4 is 5.32 Å². The van der Waals surface area contributed by atoms with Gasteiger partial charge in [-0.3, -0.25) is 10.1 Å². The molecule has 0 spiro atoms. The van der Waals surface area contributed by atoms with Crippen LogP contribution >= 0.6 is 11.3 Å². The van der Waals surface area contributed by atoms with Crippen LogP contribution in [0.4, 0.5) is 13.9 Å². The Hall–Kier alpha value is -3.13. The number of hydrogen-bond acceptors (Lipinski definition) is 5. The molecule has 0 saturated heterocycles. The van der Waals surface area contributed by atoms with Gasteiger partial charge in [-0.1, -0.05) is 18.2 Å². The standard InChI is InChI=1S/C20H14F2N2O3S/c1-20(9-12-4-2-3-5-13(12)17(25)27-20)18(26)24-19-23-16(10-28-19)11-6-7-14(21)15(22)8-11/h2-8,10H,9H2,1H3,(H,23,24,26)/t20-/m1/s1. The van der Waals surface area contributed by atoms with E-state index in [2.05, 4.69) is 10.3 Å². The third-order valence-corrected chi connectivity index (χ3v) is 5.26. The zero-order valence-corrected chi connectivity index (χ0v) is 15.5. The van der Waals surface area contributed by atoms with Crippen LogP contribution in [0, 0.1) is 11.6 Å². The fraction of sp³-hybridized carbons (Fsp3) is 0.150. The largest absolute Gasteiger partial charge is 0.445 e. The summed E-state index contributed by atoms with van der Waals surface area (Å²) in [6.07, 6.45) is 0.238. The van der Waals surface area contributed by atoms with Gasteiger partial charge in [0.15, 0.2) is 22.4 Å². The van der Waals surface area contributed by atoms with Crippen LogP contribution in [0.2, 0.25) is 0 Å². The molecule has 1 amide bonds. The van der Waals surface area contributed by atoms with E-state index in [0.29, 0.717) is 16.8 Å². The summed E-state index contributed by atoms with van der Waals surface area (Å²) < 4.78 is 31.9. The van der Waals surface area contributed by atoms with Crippen LogP contribution in [0.25, 0.3) is 11.3 Å². The molecule has 28 heavy (non-hydrogen) atoms. The average molecular weight is 400 g/mol. The van der Waals surface area contributed by atoms with Crippen LogP contribution in [-0.4, -0.2) is 22.5 Å². The van der Waals surface area contributed by atoms with Crippen molar-refractivity contribution in [2.45, 2.75) is 18.9 Å². The minimum Gasteiger partial charge on any atom is -0.445 e. The van der Waals surface area contributed by atoms with E-state index >= 15 is 0 Å². The van der Waals surface area contributed by atoms with Crippen LogP contribution in [0.15, 0.2) is 47.8 Å². The zero-order chi connectivity index (χ0) is 19.9. The maximum absolute atomic E-state index is 13.4. The molecule has 0 unspecified atom stereocenters. The molecule has 0 bridgehead atoms. The molecule has 1 aliphatic heterocycles. The second-order valence-corrected chi connectivity index (χ2v) is 7.43. The SMILES string of the molecule is C[C@]1(C(=O)Nc2nc(-c3ccc(F)c(F)c3)cs2)Cc2ccccc2C(=O)O1. The number of cyclic esters (lactones) is 1. The van der Waals surface area contributed by atoms with Gasteiger partial charge in [-0.25, -0.2) is 18.6 Å². The molecule has 1 aromatic heterocycles. The lowest BCUT2D eigenvalue weighted by Crippen LogP contribution is -2.48. The number of carbonyl (C=O) groups is 2. The van der Waals surface area contributed by atoms with Gasteiger partial charge in [-0.15, -0.1) is 11.3 Å². The minimum atomic E-state index is -1.38. The highest BCUT2D eigenvalue weighted by atomic mass is 32.1. The second kappa shape index (κ2) is 6.79. The summed E-state index contributed by atoms with van der Waals surface area (Å²) in [5, 5.41) is 4.53. The lowest BCUT2D eigenvalue weighted by atomic mass is 9.89. The van der Waals surface area contributed by atoms with Crippen LogP contribution in [0.5, 0.6) is 0 Å². The first kappa shape index (κ1) is 18.2. The maximum Gasteiger partial charge on any atom is 0.339 e. The van der Waals surface area contributed by atoms with Gasteiger partial charge >= 0.3 is 5.97 Å². The number of aromatic nitrogens is 1. The monoisotopic (exact) mass is 400 g/mol. The summed E-state index contributed by atoms with van der Waals surface area (Å²) in [5.41, 5.74) is 0.593. The summed E-state index contributed by atoms with van der Waals surface area (Å²) in [4.78, 5) is 29.2. The fourth-order valence-corrected chi connectivity index (χ4v) is 3.72. The van der Waals surface area contributed by atoms with Gasteiger partial charge in [0, 0.05) is 17.4 Å². The Labute approximate surface area is 163 Å². The third kappa shape index (κ3) is 3.27. The highest BCUT2D eigenvalue weighted by molar-refractivity contribution is 7.14. The number of fused-ring (bicyclic) bond motifs is 1. The molecule has 8 heteroatoms. The molecule has 4 rings (SSSR count). The van der Waals surface area contributed by atoms with Crippen LogP contribution in [0.3, 0.4) is 0 Å². The number of hydrogen-bond donors (Lipinski definition) is 1. The minimum absolute atomic E-state index is 0.238. The van der Waals surface area contributed by atoms with Gasteiger partial charge in [0.2, 0.25) is 0 Å². The number of nitrogens with one attached hydrogen (secondary N) is 1. The Kier molecular flexibility index (Phi) is 4.43. The predicted molar refractivity (Wildman–Crippen MR) is 100 cm³/mol. The molecule has 0 aliphatic carbocycles. The van der Waals surface area contributed by atoms with Crippen molar-refractivity contribution >= 4 is 28.3 Å². The molecule has 142 valence electrons. The Morgan fingerprint density at radius 3 is 2.79 bits per heavy atom. The smallest absolute Gasteiger partial charge is 0.339 e. The Morgan fingerprint density at radius 2 is 2.00 bits per heavy atom. The van der Waals surface area contributed by atoms with Crippen molar-refractivity contribution in [2.75, 3.05) is 5.32 Å². The number of ether oxygens (including phenoxy) is 1. The average Bonchev–Trinajstić information content (AvgIpc) is 3.12. The van der Waals surface area contributed by atoms with E-state index in [1.165, 1.54) is 6.07 Å². The summed E-state index contributed by atoms with van der Waals surface area (Å²) >= 11 is 1.13. The Morgan fingerprint density at radius 1 is 1.21 bits per heavy atom. The highest BCUT2D eigenvalue weighted by Crippen LogP contribution is 2.31. The van der Waals surface area contributed by atoms with Crippen LogP contribution in [-0.2, 0) is 16.0 Å². The molecule has 2 heterocycles. The van der Waals surface area contributed by atoms with Gasteiger partial charge in [-0.05, 0) is 36.8 Å². The van der Waals surface area contributed by atoms with E-state index in [9.17, 15) is 18.4 Å². The summed E-state index contributed by atoms with van der Waals surface area (Å²) in [6.45, 7) is 1.54. The van der Waals surface area contributed by atoms with Gasteiger partial charge < -0.3 is 4.74 Å². The summed E-state index contributed by atoms with van der Waals surface area (Å²) in [6, 6.07) is 10.4. The number of rotatable bonds is 3. The highest BCUT2D eigenvalue weighted by Gasteiger charge is 2.42. The Balaban J connectivity index is 1.54. The van der Waals surface area contributed by atoms with E-state index in [-0.39, 0.29) is 11.6 Å². The molecule has 1 aliphatic rings. The Bertz CT molecular complexity index is 1100. The lowest BCUT2D eigenvalue weighted by Gasteiger charge is -2.32. The van der Waals surface area contributed by atoms with Crippen molar-refractivity contribution in [3.63, 3.8) is 0 Å². The molecular weight excluding hydrogens is 386 g/mol. The first-order valence-electron chi connectivity index (χ1n) is 8.39. The molecule has 2 aromatic carbocycles. The van der Waals surface area contributed by atoms with E-state index in [4.69, 9.17) is 4.74 Å². The molecular formula is C20H14F2N2O3S. The molecule has 1 N–H and O–H groups in total. The van der Waals surface area contributed by atoms with Crippen molar-refractivity contribution in [2.24, 2.45) is 0 Å². The topological polar surface area (TPSA) is 68.3 Å². The number of carbonyl (C=O) groups excluding carboxylic acids is 2. The summed E-state index contributed by atoms with van der Waals surface area (Å²) in [5.74, 6) is -2.99. The number of esters is 1. The fourth-order valence-electron chi connectivity index (χ4n) is 3.01. The zero-order valence-electron chi connectivity index (χ0n) is 14.7. The second-order valence-electron chi connectivity index (χ2n) is 6.58. The lowest BCUT2D eigenvalue weighted by molar-refractivity contribution is -0.134. The first-order valence-corrected chi connectivity index (χ1v) is 9.27. The number of anilines is 1. The first-order chi connectivity index (χ1) is 13.4. The summed E-state index contributed by atoms with van der Waals surface area (Å²) in [7, 11) is 0. The van der Waals surface area contributed by atoms with Crippen molar-refractivity contribution in [1.29, 1.82) is 0 Å². The number of thiazole rings is 1. The molecule has 1 atom stereocenters. The molecule has 0 radical (unpaired) electrons. The predicted octanol–water partition coefficient (Wildman–Crippen LogP) is 4.20. The number of benzene rings is 2. The molecule has 0 fully saturated rings. The normalized spacial score (nSPS) is 18.3. The molecule has 3 aromatic rings. The van der Waals surface area contributed by atoms with Gasteiger partial charge in [0.05, 0.1) is 11.3 Å². The maximum atomic E-state index is 13.4. The van der Waals surface area contributed by atoms with Crippen molar-refractivity contribution in [1.82, 2.24) is 4.98 Å². The van der Waals surface area contributed by atoms with E-state index in [1.807, 2.05) is 0 Å². The number of nitrogens with zero attached hydrogens (tertiary/aromatic N) is 1. The molecule has 5 nitrogen and oxygen atoms in total. The van der Waals surface area contributed by atoms with Crippen LogP contribution in [0.1, 0.15) is 22.8 Å². The van der Waals surface area contributed by atoms with E-state index in [0.717, 1.165) is 29.0 Å². The quantitative estimate of drug-likeness (QED) is 0.669. The van der Waals surface area contributed by atoms with Crippen molar-refractivity contribution in [3.8, 4) is 11.3 Å². The van der Waals surface area contributed by atoms with E-state index in [1.54, 1.807) is 36.6 Å². The molecule has 0 saturated carbocycles. The number of halogens is 2. The third-order valence-electron chi connectivity index (χ3n) is 4.50. The van der Waals surface area contributed by atoms with Crippen molar-refractivity contribution in [3.05, 3.63) is 70.6 Å². The van der Waals surface area contributed by atoms with Crippen molar-refractivity contribution < 1.29 is 23.1 Å². The number of amides is 1.